The van der Waals surface area contributed by atoms with E-state index in [1.54, 1.807) is 6.21 Å². The highest BCUT2D eigenvalue weighted by atomic mass is 32.1. The molecule has 4 rings (SSSR count). The molecule has 3 heterocycles. The minimum atomic E-state index is -0.186. The van der Waals surface area contributed by atoms with E-state index >= 15 is 0 Å². The van der Waals surface area contributed by atoms with Gasteiger partial charge in [-0.3, -0.25) is 14.8 Å². The number of hydrogen-bond donors (Lipinski definition) is 3. The van der Waals surface area contributed by atoms with Gasteiger partial charge in [0.25, 0.3) is 5.91 Å². The Morgan fingerprint density at radius 2 is 2.12 bits per heavy atom. The van der Waals surface area contributed by atoms with Gasteiger partial charge in [0.15, 0.2) is 0 Å². The third-order valence-corrected chi connectivity index (χ3v) is 5.75. The Labute approximate surface area is 150 Å². The summed E-state index contributed by atoms with van der Waals surface area (Å²) in [7, 11) is 0. The molecular formula is C18H21N5OS. The van der Waals surface area contributed by atoms with E-state index in [-0.39, 0.29) is 11.4 Å². The number of carbonyl (C=O) groups is 1. The summed E-state index contributed by atoms with van der Waals surface area (Å²) in [6.45, 7) is 6.25. The number of nitrogens with zero attached hydrogens (tertiary/aromatic N) is 2. The highest BCUT2D eigenvalue weighted by Gasteiger charge is 2.41. The van der Waals surface area contributed by atoms with Crippen molar-refractivity contribution in [2.24, 2.45) is 9.98 Å². The van der Waals surface area contributed by atoms with Gasteiger partial charge in [-0.05, 0) is 25.5 Å². The van der Waals surface area contributed by atoms with E-state index in [1.807, 2.05) is 25.3 Å². The Kier molecular flexibility index (Phi) is 4.05. The van der Waals surface area contributed by atoms with Crippen molar-refractivity contribution in [1.82, 2.24) is 10.6 Å². The maximum absolute atomic E-state index is 12.8. The standard InChI is InChI=1S/C18H21N5OS/c1-3-7-21-14-11(20-4-2)5-6-12-13(14)15-16(25-12)17(24)23-18(10-22-15)8-19-9-18/h4-7,19,22H,3,8-10H2,1-2H3,(H,23,24). The van der Waals surface area contributed by atoms with Crippen LogP contribution in [0, 0.1) is 0 Å². The molecule has 0 bridgehead atoms. The van der Waals surface area contributed by atoms with Crippen LogP contribution in [0.2, 0.25) is 0 Å². The molecule has 1 amide bonds. The van der Waals surface area contributed by atoms with Crippen molar-refractivity contribution in [3.8, 4) is 0 Å². The molecule has 0 unspecified atom stereocenters. The summed E-state index contributed by atoms with van der Waals surface area (Å²) in [6, 6.07) is 3.99. The summed E-state index contributed by atoms with van der Waals surface area (Å²) >= 11 is 1.51. The molecule has 7 heteroatoms. The smallest absolute Gasteiger partial charge is 0.264 e. The number of rotatable bonds is 3. The zero-order valence-corrected chi connectivity index (χ0v) is 15.2. The second-order valence-corrected chi connectivity index (χ2v) is 7.46. The highest BCUT2D eigenvalue weighted by molar-refractivity contribution is 7.21. The minimum absolute atomic E-state index is 0.00587. The minimum Gasteiger partial charge on any atom is -0.381 e. The van der Waals surface area contributed by atoms with Gasteiger partial charge in [0.2, 0.25) is 0 Å². The summed E-state index contributed by atoms with van der Waals surface area (Å²) in [4.78, 5) is 22.6. The first-order chi connectivity index (χ1) is 12.2. The van der Waals surface area contributed by atoms with E-state index in [2.05, 4.69) is 32.9 Å². The van der Waals surface area contributed by atoms with E-state index in [0.29, 0.717) is 6.54 Å². The fourth-order valence-electron chi connectivity index (χ4n) is 3.29. The zero-order chi connectivity index (χ0) is 17.4. The van der Waals surface area contributed by atoms with Gasteiger partial charge in [-0.15, -0.1) is 11.3 Å². The molecular weight excluding hydrogens is 334 g/mol. The fraction of sp³-hybridized carbons (Fsp3) is 0.389. The normalized spacial score (nSPS) is 19.0. The summed E-state index contributed by atoms with van der Waals surface area (Å²) in [5.74, 6) is -0.00587. The predicted molar refractivity (Wildman–Crippen MR) is 106 cm³/mol. The Morgan fingerprint density at radius 3 is 2.80 bits per heavy atom. The number of amides is 1. The molecule has 0 saturated carbocycles. The number of hydrogen-bond acceptors (Lipinski definition) is 6. The van der Waals surface area contributed by atoms with Crippen LogP contribution in [-0.2, 0) is 0 Å². The molecule has 1 spiro atoms. The second kappa shape index (κ2) is 6.24. The molecule has 0 aliphatic carbocycles. The molecule has 1 saturated heterocycles. The van der Waals surface area contributed by atoms with Crippen LogP contribution in [0.3, 0.4) is 0 Å². The number of aliphatic imine (C=N–C) groups is 2. The maximum Gasteiger partial charge on any atom is 0.264 e. The SMILES string of the molecule is CC=Nc1ccc2sc3c(c2c1N=CCC)NCC1(CNC1)NC3=O. The molecule has 2 aliphatic rings. The third-order valence-electron chi connectivity index (χ3n) is 4.59. The molecule has 2 aliphatic heterocycles. The number of carbonyl (C=O) groups excluding carboxylic acids is 1. The number of fused-ring (bicyclic) bond motifs is 3. The second-order valence-electron chi connectivity index (χ2n) is 6.41. The van der Waals surface area contributed by atoms with Gasteiger partial charge in [0.1, 0.15) is 4.88 Å². The first-order valence-corrected chi connectivity index (χ1v) is 9.37. The molecule has 6 nitrogen and oxygen atoms in total. The molecule has 2 aromatic rings. The summed E-state index contributed by atoms with van der Waals surface area (Å²) < 4.78 is 1.05. The Hall–Kier alpha value is -2.25. The van der Waals surface area contributed by atoms with E-state index in [9.17, 15) is 4.79 Å². The number of anilines is 1. The van der Waals surface area contributed by atoms with Crippen LogP contribution >= 0.6 is 11.3 Å². The van der Waals surface area contributed by atoms with Crippen molar-refractivity contribution in [3.05, 3.63) is 17.0 Å². The van der Waals surface area contributed by atoms with Crippen LogP contribution in [0.25, 0.3) is 10.1 Å². The molecule has 1 aromatic carbocycles. The van der Waals surface area contributed by atoms with Crippen molar-refractivity contribution in [3.63, 3.8) is 0 Å². The summed E-state index contributed by atoms with van der Waals surface area (Å²) in [6.07, 6.45) is 4.51. The lowest BCUT2D eigenvalue weighted by atomic mass is 9.92. The molecule has 3 N–H and O–H groups in total. The maximum atomic E-state index is 12.8. The fourth-order valence-corrected chi connectivity index (χ4v) is 4.36. The number of thiophene rings is 1. The average Bonchev–Trinajstić information content (AvgIpc) is 2.88. The van der Waals surface area contributed by atoms with Gasteiger partial charge in [-0.25, -0.2) is 0 Å². The van der Waals surface area contributed by atoms with E-state index in [4.69, 9.17) is 0 Å². The van der Waals surface area contributed by atoms with Crippen LogP contribution in [-0.4, -0.2) is 43.5 Å². The highest BCUT2D eigenvalue weighted by Crippen LogP contribution is 2.46. The first-order valence-electron chi connectivity index (χ1n) is 8.55. The van der Waals surface area contributed by atoms with E-state index < -0.39 is 0 Å². The van der Waals surface area contributed by atoms with Gasteiger partial charge in [-0.2, -0.15) is 0 Å². The lowest BCUT2D eigenvalue weighted by Gasteiger charge is -2.42. The summed E-state index contributed by atoms with van der Waals surface area (Å²) in [5, 5.41) is 10.9. The zero-order valence-electron chi connectivity index (χ0n) is 14.3. The molecule has 0 radical (unpaired) electrons. The van der Waals surface area contributed by atoms with Gasteiger partial charge < -0.3 is 16.0 Å². The molecule has 25 heavy (non-hydrogen) atoms. The number of benzene rings is 1. The van der Waals surface area contributed by atoms with Crippen molar-refractivity contribution < 1.29 is 4.79 Å². The van der Waals surface area contributed by atoms with Crippen LogP contribution < -0.4 is 16.0 Å². The van der Waals surface area contributed by atoms with Crippen LogP contribution in [0.15, 0.2) is 22.1 Å². The van der Waals surface area contributed by atoms with Crippen molar-refractivity contribution in [2.75, 3.05) is 25.0 Å². The van der Waals surface area contributed by atoms with Crippen LogP contribution in [0.4, 0.5) is 17.1 Å². The van der Waals surface area contributed by atoms with Crippen molar-refractivity contribution in [1.29, 1.82) is 0 Å². The van der Waals surface area contributed by atoms with Crippen LogP contribution in [0.5, 0.6) is 0 Å². The molecule has 1 fully saturated rings. The van der Waals surface area contributed by atoms with Gasteiger partial charge in [0.05, 0.1) is 22.6 Å². The largest absolute Gasteiger partial charge is 0.381 e. The molecule has 130 valence electrons. The quantitative estimate of drug-likeness (QED) is 0.740. The third kappa shape index (κ3) is 2.63. The average molecular weight is 355 g/mol. The van der Waals surface area contributed by atoms with Gasteiger partial charge in [0, 0.05) is 42.1 Å². The van der Waals surface area contributed by atoms with Gasteiger partial charge in [-0.1, -0.05) is 6.92 Å². The Morgan fingerprint density at radius 1 is 1.28 bits per heavy atom. The number of nitrogens with one attached hydrogen (secondary N) is 3. The first kappa shape index (κ1) is 16.2. The van der Waals surface area contributed by atoms with Crippen LogP contribution in [0.1, 0.15) is 29.9 Å². The summed E-state index contributed by atoms with van der Waals surface area (Å²) in [5.41, 5.74) is 2.36. The lowest BCUT2D eigenvalue weighted by molar-refractivity contribution is 0.0878. The Bertz CT molecular complexity index is 894. The van der Waals surface area contributed by atoms with E-state index in [0.717, 1.165) is 51.5 Å². The topological polar surface area (TPSA) is 77.9 Å². The molecule has 0 atom stereocenters. The van der Waals surface area contributed by atoms with Gasteiger partial charge >= 0.3 is 0 Å². The Balaban J connectivity index is 1.91. The molecule has 1 aromatic heterocycles. The van der Waals surface area contributed by atoms with E-state index in [1.165, 1.54) is 11.3 Å². The lowest BCUT2D eigenvalue weighted by Crippen LogP contribution is -2.71. The monoisotopic (exact) mass is 355 g/mol. The van der Waals surface area contributed by atoms with Crippen molar-refractivity contribution >= 4 is 56.8 Å². The predicted octanol–water partition coefficient (Wildman–Crippen LogP) is 3.23. The van der Waals surface area contributed by atoms with Crippen molar-refractivity contribution in [2.45, 2.75) is 25.8 Å².